The van der Waals surface area contributed by atoms with Crippen molar-refractivity contribution in [3.05, 3.63) is 155 Å². The highest BCUT2D eigenvalue weighted by Gasteiger charge is 2.76. The molecule has 6 unspecified atom stereocenters. The van der Waals surface area contributed by atoms with E-state index in [-0.39, 0.29) is 55.4 Å². The summed E-state index contributed by atoms with van der Waals surface area (Å²) < 4.78 is 39.1. The SMILES string of the molecule is COCCOC(=O)N1C(=O)C2(c3cc(C#CCC(C(=O)OC)C(=O)OC)ccc31)C(C(=O)Nc1ccc(N3CCOCC3)cc1)C1C(=O)OC(c3ccccc3)C(c3ccccc3)N1C2c1ccccc1OCCO. The van der Waals surface area contributed by atoms with Crippen molar-refractivity contribution in [1.29, 1.82) is 0 Å². The number of carbonyl (C=O) groups is 6. The highest BCUT2D eigenvalue weighted by atomic mass is 16.6. The summed E-state index contributed by atoms with van der Waals surface area (Å²) in [6.45, 7) is 1.66. The van der Waals surface area contributed by atoms with Gasteiger partial charge in [-0.25, -0.2) is 9.69 Å². The average molecular weight is 1020 g/mol. The summed E-state index contributed by atoms with van der Waals surface area (Å²) in [7, 11) is 3.71. The van der Waals surface area contributed by atoms with Gasteiger partial charge in [-0.15, -0.1) is 0 Å². The van der Waals surface area contributed by atoms with E-state index in [1.165, 1.54) is 13.2 Å². The number of benzene rings is 5. The molecule has 18 nitrogen and oxygen atoms in total. The zero-order valence-corrected chi connectivity index (χ0v) is 41.5. The molecule has 0 aliphatic carbocycles. The summed E-state index contributed by atoms with van der Waals surface area (Å²) in [5.74, 6) is -1.16. The molecule has 0 aromatic heterocycles. The van der Waals surface area contributed by atoms with Crippen LogP contribution in [0.5, 0.6) is 5.75 Å². The first-order valence-corrected chi connectivity index (χ1v) is 24.5. The molecule has 4 aliphatic rings. The summed E-state index contributed by atoms with van der Waals surface area (Å²) in [6, 6.07) is 33.3. The van der Waals surface area contributed by atoms with Crippen LogP contribution in [0.15, 0.2) is 127 Å². The van der Waals surface area contributed by atoms with Gasteiger partial charge >= 0.3 is 24.0 Å². The number of amides is 3. The Labute approximate surface area is 433 Å². The number of nitrogens with one attached hydrogen (secondary N) is 1. The highest BCUT2D eigenvalue weighted by Crippen LogP contribution is 2.67. The van der Waals surface area contributed by atoms with Crippen molar-refractivity contribution in [2.24, 2.45) is 11.8 Å². The number of hydrogen-bond acceptors (Lipinski definition) is 16. The first-order valence-electron chi connectivity index (χ1n) is 24.5. The predicted molar refractivity (Wildman–Crippen MR) is 271 cm³/mol. The topological polar surface area (TPSA) is 209 Å². The fourth-order valence-electron chi connectivity index (χ4n) is 10.8. The minimum atomic E-state index is -2.24. The summed E-state index contributed by atoms with van der Waals surface area (Å²) in [6.07, 6.45) is -2.41. The van der Waals surface area contributed by atoms with Crippen molar-refractivity contribution in [3.8, 4) is 17.6 Å². The maximum Gasteiger partial charge on any atom is 0.421 e. The molecule has 0 radical (unpaired) electrons. The third kappa shape index (κ3) is 9.90. The van der Waals surface area contributed by atoms with E-state index >= 15 is 14.4 Å². The van der Waals surface area contributed by atoms with Crippen molar-refractivity contribution >= 4 is 52.9 Å². The third-order valence-corrected chi connectivity index (χ3v) is 14.0. The van der Waals surface area contributed by atoms with Crippen molar-refractivity contribution in [2.75, 3.05) is 89.2 Å². The Bertz CT molecular complexity index is 2960. The Kier molecular flexibility index (Phi) is 15.9. The number of nitrogens with zero attached hydrogens (tertiary/aromatic N) is 3. The van der Waals surface area contributed by atoms with Crippen LogP contribution in [0.4, 0.5) is 21.9 Å². The monoisotopic (exact) mass is 1020 g/mol. The van der Waals surface area contributed by atoms with E-state index in [0.717, 1.165) is 24.8 Å². The van der Waals surface area contributed by atoms with Gasteiger partial charge < -0.3 is 48.5 Å². The fourth-order valence-corrected chi connectivity index (χ4v) is 10.8. The van der Waals surface area contributed by atoms with Crippen LogP contribution in [0.3, 0.4) is 0 Å². The molecule has 0 bridgehead atoms. The molecule has 388 valence electrons. The van der Waals surface area contributed by atoms with Gasteiger partial charge in [0, 0.05) is 49.1 Å². The zero-order chi connectivity index (χ0) is 52.6. The van der Waals surface area contributed by atoms with E-state index in [0.29, 0.717) is 48.7 Å². The number of aliphatic hydroxyl groups excluding tert-OH is 1. The van der Waals surface area contributed by atoms with E-state index in [1.54, 1.807) is 48.5 Å². The third-order valence-electron chi connectivity index (χ3n) is 14.0. The first kappa shape index (κ1) is 51.8. The predicted octanol–water partition coefficient (Wildman–Crippen LogP) is 5.69. The number of carbonyl (C=O) groups excluding carboxylic acids is 6. The van der Waals surface area contributed by atoms with Crippen molar-refractivity contribution in [2.45, 2.75) is 36.1 Å². The molecule has 2 N–H and O–H groups in total. The van der Waals surface area contributed by atoms with Crippen LogP contribution in [0.25, 0.3) is 0 Å². The summed E-state index contributed by atoms with van der Waals surface area (Å²) in [4.78, 5) is 93.3. The van der Waals surface area contributed by atoms with Crippen LogP contribution in [-0.2, 0) is 57.8 Å². The lowest BCUT2D eigenvalue weighted by molar-refractivity contribution is -0.178. The average Bonchev–Trinajstić information content (AvgIpc) is 4.03. The molecule has 4 heterocycles. The van der Waals surface area contributed by atoms with Crippen LogP contribution in [0.1, 0.15) is 52.4 Å². The lowest BCUT2D eigenvalue weighted by atomic mass is 9.65. The number of fused-ring (bicyclic) bond motifs is 3. The maximum atomic E-state index is 16.6. The minimum Gasteiger partial charge on any atom is -0.491 e. The second kappa shape index (κ2) is 23.0. The highest BCUT2D eigenvalue weighted by molar-refractivity contribution is 6.24. The number of aliphatic hydroxyl groups is 1. The van der Waals surface area contributed by atoms with E-state index in [1.807, 2.05) is 77.7 Å². The number of ether oxygens (including phenoxy) is 7. The Morgan fingerprint density at radius 3 is 2.12 bits per heavy atom. The molecule has 5 aromatic carbocycles. The Morgan fingerprint density at radius 2 is 1.45 bits per heavy atom. The second-order valence-corrected chi connectivity index (χ2v) is 18.1. The quantitative estimate of drug-likeness (QED) is 0.0425. The van der Waals surface area contributed by atoms with Gasteiger partial charge in [-0.05, 0) is 65.2 Å². The molecule has 18 heteroatoms. The molecule has 6 atom stereocenters. The number of imide groups is 1. The smallest absolute Gasteiger partial charge is 0.421 e. The number of anilines is 3. The Morgan fingerprint density at radius 1 is 0.787 bits per heavy atom. The van der Waals surface area contributed by atoms with Crippen molar-refractivity contribution < 1.29 is 67.0 Å². The van der Waals surface area contributed by atoms with Crippen LogP contribution >= 0.6 is 0 Å². The molecular formula is C57H56N4O14. The van der Waals surface area contributed by atoms with Gasteiger partial charge in [0.15, 0.2) is 5.92 Å². The first-order chi connectivity index (χ1) is 36.6. The second-order valence-electron chi connectivity index (χ2n) is 18.1. The van der Waals surface area contributed by atoms with Gasteiger partial charge in [0.1, 0.15) is 36.5 Å². The normalized spacial score (nSPS) is 21.9. The number of para-hydroxylation sites is 1. The molecule has 75 heavy (non-hydrogen) atoms. The number of rotatable bonds is 15. The molecule has 0 saturated carbocycles. The number of morpholine rings is 2. The number of methoxy groups -OCH3 is 3. The molecule has 3 amide bonds. The fraction of sp³-hybridized carbons (Fsp3) is 0.333. The molecule has 9 rings (SSSR count). The van der Waals surface area contributed by atoms with Gasteiger partial charge in [-0.2, -0.15) is 0 Å². The van der Waals surface area contributed by atoms with E-state index < -0.39 is 77.3 Å². The molecular weight excluding hydrogens is 965 g/mol. The van der Waals surface area contributed by atoms with Crippen molar-refractivity contribution in [1.82, 2.24) is 4.90 Å². The van der Waals surface area contributed by atoms with Crippen LogP contribution in [0, 0.1) is 23.7 Å². The standard InChI is InChI=1S/C57H56N4O14/c1-69-33-34-74-56(68)60-44-26-21-36(13-12-19-42(52(64)70-2)53(65)71-3)35-43(44)57(55(60)67)46(51(63)58-39-22-24-40(25-23-39)59-27-30-72-31-28-59)48-54(66)75-49(38-16-8-5-9-17-38)47(37-14-6-4-7-15-37)61(48)50(57)41-18-10-11-20-45(41)73-32-29-62/h4-11,14-18,20-26,35,42,46-50,62H,19,27-34H2,1-3H3,(H,58,63). The summed E-state index contributed by atoms with van der Waals surface area (Å²) in [5.41, 5.74) is 1.05. The number of esters is 3. The van der Waals surface area contributed by atoms with Gasteiger partial charge in [0.05, 0.1) is 64.3 Å². The van der Waals surface area contributed by atoms with E-state index in [9.17, 15) is 19.5 Å². The van der Waals surface area contributed by atoms with Gasteiger partial charge in [-0.1, -0.05) is 90.7 Å². The van der Waals surface area contributed by atoms with Gasteiger partial charge in [0.25, 0.3) is 0 Å². The van der Waals surface area contributed by atoms with Gasteiger partial charge in [0.2, 0.25) is 11.8 Å². The number of cyclic esters (lactones) is 1. The molecule has 4 aliphatic heterocycles. The zero-order valence-electron chi connectivity index (χ0n) is 41.5. The Balaban J connectivity index is 1.33. The van der Waals surface area contributed by atoms with Gasteiger partial charge in [-0.3, -0.25) is 28.9 Å². The molecule has 3 saturated heterocycles. The summed E-state index contributed by atoms with van der Waals surface area (Å²) >= 11 is 0. The maximum absolute atomic E-state index is 16.6. The minimum absolute atomic E-state index is 0.00663. The summed E-state index contributed by atoms with van der Waals surface area (Å²) in [5, 5.41) is 13.2. The number of hydrogen-bond donors (Lipinski definition) is 2. The molecule has 1 spiro atoms. The lowest BCUT2D eigenvalue weighted by Gasteiger charge is -2.46. The van der Waals surface area contributed by atoms with Crippen LogP contribution in [0.2, 0.25) is 0 Å². The molecule has 5 aromatic rings. The van der Waals surface area contributed by atoms with Crippen LogP contribution < -0.4 is 19.9 Å². The lowest BCUT2D eigenvalue weighted by Crippen LogP contribution is -2.54. The van der Waals surface area contributed by atoms with E-state index in [4.69, 9.17) is 33.2 Å². The Hall–Kier alpha value is -8.08. The van der Waals surface area contributed by atoms with E-state index in [2.05, 4.69) is 22.1 Å². The van der Waals surface area contributed by atoms with Crippen LogP contribution in [-0.4, -0.2) is 126 Å². The largest absolute Gasteiger partial charge is 0.491 e. The molecule has 3 fully saturated rings. The van der Waals surface area contributed by atoms with Crippen molar-refractivity contribution in [3.63, 3.8) is 0 Å².